The number of nitrogens with two attached hydrogens (primary N) is 1. The lowest BCUT2D eigenvalue weighted by Crippen LogP contribution is -2.30. The molecular weight excluding hydrogens is 412 g/mol. The Bertz CT molecular complexity index is 1100. The zero-order chi connectivity index (χ0) is 22.0. The highest BCUT2D eigenvalue weighted by molar-refractivity contribution is 7.17. The monoisotopic (exact) mass is 438 g/mol. The number of carbonyl (C=O) groups excluding carboxylic acids is 1. The maximum absolute atomic E-state index is 12.0. The van der Waals surface area contributed by atoms with Crippen LogP contribution in [0.15, 0.2) is 36.4 Å². The molecule has 0 aliphatic heterocycles. The molecule has 0 fully saturated rings. The Balaban J connectivity index is 1.59. The van der Waals surface area contributed by atoms with E-state index in [1.54, 1.807) is 0 Å². The second kappa shape index (κ2) is 9.03. The molecule has 0 saturated carbocycles. The van der Waals surface area contributed by atoms with E-state index in [9.17, 15) is 4.79 Å². The fraction of sp³-hybridized carbons (Fsp3) is 0.348. The lowest BCUT2D eigenvalue weighted by atomic mass is 10.0. The topological polar surface area (TPSA) is 99.4 Å². The summed E-state index contributed by atoms with van der Waals surface area (Å²) in [7, 11) is 1.52. The van der Waals surface area contributed by atoms with Crippen LogP contribution in [0.25, 0.3) is 21.1 Å². The molecule has 3 N–H and O–H groups in total. The summed E-state index contributed by atoms with van der Waals surface area (Å²) >= 11 is 1.53. The fourth-order valence-corrected chi connectivity index (χ4v) is 4.76. The normalized spacial score (nSPS) is 15.2. The number of aromatic nitrogens is 2. The summed E-state index contributed by atoms with van der Waals surface area (Å²) in [5, 5.41) is 13.6. The van der Waals surface area contributed by atoms with Gasteiger partial charge in [0.2, 0.25) is 5.91 Å². The number of nitrogens with zero attached hydrogens (tertiary/aromatic N) is 2. The summed E-state index contributed by atoms with van der Waals surface area (Å²) < 4.78 is 10.6. The lowest BCUT2D eigenvalue weighted by molar-refractivity contribution is -0.125. The summed E-state index contributed by atoms with van der Waals surface area (Å²) in [6, 6.07) is 11.8. The molecule has 1 atom stereocenters. The number of nitrogens with one attached hydrogen (secondary N) is 1. The Labute approximate surface area is 185 Å². The first kappa shape index (κ1) is 21.3. The molecule has 0 radical (unpaired) electrons. The highest BCUT2D eigenvalue weighted by atomic mass is 32.1. The van der Waals surface area contributed by atoms with Crippen LogP contribution < -0.4 is 15.8 Å². The molecule has 4 rings (SSSR count). The molecule has 1 aliphatic rings. The number of amides is 1. The summed E-state index contributed by atoms with van der Waals surface area (Å²) in [6.45, 7) is 4.00. The minimum atomic E-state index is -0.105. The first-order valence-corrected chi connectivity index (χ1v) is 11.1. The average Bonchev–Trinajstić information content (AvgIpc) is 3.37. The van der Waals surface area contributed by atoms with Crippen molar-refractivity contribution in [1.29, 1.82) is 0 Å². The highest BCUT2D eigenvalue weighted by Crippen LogP contribution is 2.40. The van der Waals surface area contributed by atoms with Crippen molar-refractivity contribution >= 4 is 22.9 Å². The Kier molecular flexibility index (Phi) is 6.20. The van der Waals surface area contributed by atoms with Gasteiger partial charge in [0.25, 0.3) is 0 Å². The first-order chi connectivity index (χ1) is 15.0. The van der Waals surface area contributed by atoms with Crippen molar-refractivity contribution in [3.05, 3.63) is 47.5 Å². The van der Waals surface area contributed by atoms with E-state index < -0.39 is 0 Å². The number of carbonyl (C=O) groups is 1. The minimum Gasteiger partial charge on any atom is -0.489 e. The van der Waals surface area contributed by atoms with Gasteiger partial charge in [0.15, 0.2) is 0 Å². The summed E-state index contributed by atoms with van der Waals surface area (Å²) in [6.07, 6.45) is 1.80. The lowest BCUT2D eigenvalue weighted by Gasteiger charge is -2.14. The standard InChI is InChI=1S/C23H26N4O3S/c1-13(2)30-20-10-7-14(11-18(20)24)22-26-27-23(31-22)17-6-4-5-16-15(17)8-9-19(16)25-21(28)12-29-3/h4-7,10-11,13,19H,8-9,12,24H2,1-3H3,(H,25,28)/t19-/m1/s1. The number of nitrogen functional groups attached to an aromatic ring is 1. The maximum Gasteiger partial charge on any atom is 0.246 e. The van der Waals surface area contributed by atoms with Crippen LogP contribution in [0, 0.1) is 0 Å². The van der Waals surface area contributed by atoms with Gasteiger partial charge in [-0.2, -0.15) is 0 Å². The van der Waals surface area contributed by atoms with Crippen LogP contribution in [0.2, 0.25) is 0 Å². The molecule has 2 aromatic carbocycles. The number of fused-ring (bicyclic) bond motifs is 1. The maximum atomic E-state index is 12.0. The molecule has 8 heteroatoms. The molecule has 0 bridgehead atoms. The number of anilines is 1. The first-order valence-electron chi connectivity index (χ1n) is 10.3. The summed E-state index contributed by atoms with van der Waals surface area (Å²) in [5.41, 5.74) is 11.1. The van der Waals surface area contributed by atoms with Gasteiger partial charge in [0, 0.05) is 18.2 Å². The second-order valence-electron chi connectivity index (χ2n) is 7.80. The van der Waals surface area contributed by atoms with Crippen molar-refractivity contribution in [2.75, 3.05) is 19.5 Å². The SMILES string of the molecule is COCC(=O)N[C@@H]1CCc2c(-c3nnc(-c4ccc(OC(C)C)c(N)c4)s3)cccc21. The Morgan fingerprint density at radius 2 is 2.06 bits per heavy atom. The van der Waals surface area contributed by atoms with E-state index in [1.165, 1.54) is 24.0 Å². The van der Waals surface area contributed by atoms with Crippen LogP contribution in [-0.2, 0) is 16.0 Å². The van der Waals surface area contributed by atoms with E-state index in [2.05, 4.69) is 27.6 Å². The molecule has 31 heavy (non-hydrogen) atoms. The third kappa shape index (κ3) is 4.55. The van der Waals surface area contributed by atoms with Crippen LogP contribution in [0.1, 0.15) is 37.4 Å². The quantitative estimate of drug-likeness (QED) is 0.541. The van der Waals surface area contributed by atoms with Gasteiger partial charge in [-0.3, -0.25) is 4.79 Å². The van der Waals surface area contributed by atoms with E-state index in [0.717, 1.165) is 39.5 Å². The van der Waals surface area contributed by atoms with Gasteiger partial charge in [-0.25, -0.2) is 0 Å². The number of ether oxygens (including phenoxy) is 2. The van der Waals surface area contributed by atoms with Crippen molar-refractivity contribution in [3.8, 4) is 26.9 Å². The molecule has 0 spiro atoms. The van der Waals surface area contributed by atoms with Gasteiger partial charge in [-0.05, 0) is 56.0 Å². The predicted octanol–water partition coefficient (Wildman–Crippen LogP) is 3.99. The van der Waals surface area contributed by atoms with Crippen LogP contribution in [0.3, 0.4) is 0 Å². The molecule has 1 aliphatic carbocycles. The molecular formula is C23H26N4O3S. The van der Waals surface area contributed by atoms with Gasteiger partial charge in [-0.15, -0.1) is 10.2 Å². The number of hydrogen-bond acceptors (Lipinski definition) is 7. The van der Waals surface area contributed by atoms with Crippen molar-refractivity contribution in [3.63, 3.8) is 0 Å². The van der Waals surface area contributed by atoms with E-state index >= 15 is 0 Å². The average molecular weight is 439 g/mol. The molecule has 1 heterocycles. The van der Waals surface area contributed by atoms with Crippen molar-refractivity contribution in [2.24, 2.45) is 0 Å². The van der Waals surface area contributed by atoms with Gasteiger partial charge in [0.05, 0.1) is 17.8 Å². The molecule has 0 saturated heterocycles. The van der Waals surface area contributed by atoms with E-state index in [-0.39, 0.29) is 24.7 Å². The Morgan fingerprint density at radius 3 is 2.81 bits per heavy atom. The van der Waals surface area contributed by atoms with Crippen LogP contribution in [-0.4, -0.2) is 35.9 Å². The Hall–Kier alpha value is -2.97. The van der Waals surface area contributed by atoms with Gasteiger partial charge >= 0.3 is 0 Å². The van der Waals surface area contributed by atoms with Crippen LogP contribution in [0.5, 0.6) is 5.75 Å². The van der Waals surface area contributed by atoms with Gasteiger partial charge < -0.3 is 20.5 Å². The third-order valence-electron chi connectivity index (χ3n) is 5.16. The highest BCUT2D eigenvalue weighted by Gasteiger charge is 2.27. The number of hydrogen-bond donors (Lipinski definition) is 2. The minimum absolute atomic E-state index is 0.00158. The summed E-state index contributed by atoms with van der Waals surface area (Å²) in [4.78, 5) is 12.0. The van der Waals surface area contributed by atoms with Gasteiger partial charge in [-0.1, -0.05) is 29.5 Å². The number of rotatable bonds is 7. The molecule has 1 amide bonds. The Morgan fingerprint density at radius 1 is 1.26 bits per heavy atom. The van der Waals surface area contributed by atoms with E-state index in [0.29, 0.717) is 11.4 Å². The van der Waals surface area contributed by atoms with Crippen molar-refractivity contribution in [2.45, 2.75) is 38.8 Å². The van der Waals surface area contributed by atoms with Gasteiger partial charge in [0.1, 0.15) is 22.4 Å². The number of methoxy groups -OCH3 is 1. The van der Waals surface area contributed by atoms with E-state index in [1.807, 2.05) is 38.1 Å². The zero-order valence-electron chi connectivity index (χ0n) is 17.8. The van der Waals surface area contributed by atoms with E-state index in [4.69, 9.17) is 15.2 Å². The molecule has 7 nitrogen and oxygen atoms in total. The van der Waals surface area contributed by atoms with Crippen LogP contribution >= 0.6 is 11.3 Å². The number of benzene rings is 2. The van der Waals surface area contributed by atoms with Crippen molar-refractivity contribution in [1.82, 2.24) is 15.5 Å². The smallest absolute Gasteiger partial charge is 0.246 e. The predicted molar refractivity (Wildman–Crippen MR) is 122 cm³/mol. The molecule has 1 aromatic heterocycles. The van der Waals surface area contributed by atoms with Crippen molar-refractivity contribution < 1.29 is 14.3 Å². The second-order valence-corrected chi connectivity index (χ2v) is 8.77. The zero-order valence-corrected chi connectivity index (χ0v) is 18.7. The fourth-order valence-electron chi connectivity index (χ4n) is 3.86. The largest absolute Gasteiger partial charge is 0.489 e. The molecule has 162 valence electrons. The third-order valence-corrected chi connectivity index (χ3v) is 6.16. The van der Waals surface area contributed by atoms with Crippen LogP contribution in [0.4, 0.5) is 5.69 Å². The molecule has 3 aromatic rings. The molecule has 0 unspecified atom stereocenters. The summed E-state index contributed by atoms with van der Waals surface area (Å²) in [5.74, 6) is 0.567.